The van der Waals surface area contributed by atoms with Gasteiger partial charge in [0.05, 0.1) is 7.11 Å². The van der Waals surface area contributed by atoms with Crippen LogP contribution in [0.4, 0.5) is 0 Å². The van der Waals surface area contributed by atoms with E-state index in [4.69, 9.17) is 10.5 Å². The lowest BCUT2D eigenvalue weighted by Crippen LogP contribution is -2.42. The maximum Gasteiger partial charge on any atom is 0.119 e. The third kappa shape index (κ3) is 3.72. The van der Waals surface area contributed by atoms with Gasteiger partial charge in [-0.1, -0.05) is 12.1 Å². The summed E-state index contributed by atoms with van der Waals surface area (Å²) in [7, 11) is 3.91. The minimum Gasteiger partial charge on any atom is -0.497 e. The fourth-order valence-corrected chi connectivity index (χ4v) is 2.62. The highest BCUT2D eigenvalue weighted by Gasteiger charge is 2.26. The maximum absolute atomic E-state index is 5.81. The summed E-state index contributed by atoms with van der Waals surface area (Å²) in [5, 5.41) is 0. The molecule has 0 spiro atoms. The first-order valence-electron chi connectivity index (χ1n) is 6.74. The molecular formula is C15H24N2O. The molecule has 1 fully saturated rings. The van der Waals surface area contributed by atoms with E-state index in [0.717, 1.165) is 24.6 Å². The van der Waals surface area contributed by atoms with Crippen LogP contribution >= 0.6 is 0 Å². The van der Waals surface area contributed by atoms with Crippen LogP contribution in [0.2, 0.25) is 0 Å². The summed E-state index contributed by atoms with van der Waals surface area (Å²) in [4.78, 5) is 2.41. The average Bonchev–Trinajstić information content (AvgIpc) is 2.35. The van der Waals surface area contributed by atoms with E-state index in [0.29, 0.717) is 6.04 Å². The van der Waals surface area contributed by atoms with Gasteiger partial charge in [0, 0.05) is 19.1 Å². The van der Waals surface area contributed by atoms with Gasteiger partial charge >= 0.3 is 0 Å². The van der Waals surface area contributed by atoms with E-state index in [9.17, 15) is 0 Å². The number of ether oxygens (including phenoxy) is 1. The molecule has 0 aliphatic heterocycles. The molecule has 0 amide bonds. The molecule has 1 aromatic rings. The lowest BCUT2D eigenvalue weighted by atomic mass is 9.80. The van der Waals surface area contributed by atoms with Crippen molar-refractivity contribution in [2.45, 2.75) is 25.3 Å². The highest BCUT2D eigenvalue weighted by Crippen LogP contribution is 2.26. The van der Waals surface area contributed by atoms with Gasteiger partial charge in [0.25, 0.3) is 0 Å². The molecule has 0 aromatic heterocycles. The van der Waals surface area contributed by atoms with Gasteiger partial charge in [-0.25, -0.2) is 0 Å². The number of methoxy groups -OCH3 is 1. The first-order chi connectivity index (χ1) is 8.67. The summed E-state index contributed by atoms with van der Waals surface area (Å²) in [5.74, 6) is 1.76. The Morgan fingerprint density at radius 1 is 1.39 bits per heavy atom. The summed E-state index contributed by atoms with van der Waals surface area (Å²) < 4.78 is 5.24. The summed E-state index contributed by atoms with van der Waals surface area (Å²) in [6, 6.07) is 8.78. The molecule has 2 N–H and O–H groups in total. The van der Waals surface area contributed by atoms with Crippen LogP contribution in [-0.4, -0.2) is 38.2 Å². The Morgan fingerprint density at radius 2 is 2.17 bits per heavy atom. The van der Waals surface area contributed by atoms with Gasteiger partial charge in [-0.2, -0.15) is 0 Å². The third-order valence-electron chi connectivity index (χ3n) is 3.76. The summed E-state index contributed by atoms with van der Waals surface area (Å²) in [6.45, 7) is 2.27. The second-order valence-electron chi connectivity index (χ2n) is 5.46. The van der Waals surface area contributed by atoms with Crippen molar-refractivity contribution in [3.05, 3.63) is 29.8 Å². The van der Waals surface area contributed by atoms with E-state index >= 15 is 0 Å². The van der Waals surface area contributed by atoms with Gasteiger partial charge in [0.2, 0.25) is 0 Å². The van der Waals surface area contributed by atoms with Crippen molar-refractivity contribution >= 4 is 0 Å². The van der Waals surface area contributed by atoms with Crippen molar-refractivity contribution in [1.82, 2.24) is 4.90 Å². The van der Waals surface area contributed by atoms with Crippen molar-refractivity contribution < 1.29 is 4.74 Å². The van der Waals surface area contributed by atoms with Crippen molar-refractivity contribution in [3.63, 3.8) is 0 Å². The Bertz CT molecular complexity index is 375. The van der Waals surface area contributed by atoms with Crippen LogP contribution in [0.5, 0.6) is 5.75 Å². The SMILES string of the molecule is COc1cccc(CCN(C)CC2CC(N)C2)c1. The maximum atomic E-state index is 5.81. The molecular weight excluding hydrogens is 224 g/mol. The Hall–Kier alpha value is -1.06. The zero-order chi connectivity index (χ0) is 13.0. The number of rotatable bonds is 6. The molecule has 0 unspecified atom stereocenters. The van der Waals surface area contributed by atoms with Gasteiger partial charge in [0.15, 0.2) is 0 Å². The van der Waals surface area contributed by atoms with E-state index < -0.39 is 0 Å². The van der Waals surface area contributed by atoms with Crippen molar-refractivity contribution in [2.24, 2.45) is 11.7 Å². The minimum absolute atomic E-state index is 0.460. The van der Waals surface area contributed by atoms with Gasteiger partial charge in [0.1, 0.15) is 5.75 Å². The summed E-state index contributed by atoms with van der Waals surface area (Å²) in [6.07, 6.45) is 3.47. The molecule has 0 heterocycles. The standard InChI is InChI=1S/C15H24N2O/c1-17(11-13-8-14(16)9-13)7-6-12-4-3-5-15(10-12)18-2/h3-5,10,13-14H,6-9,11,16H2,1-2H3. The lowest BCUT2D eigenvalue weighted by molar-refractivity contribution is 0.183. The van der Waals surface area contributed by atoms with Crippen LogP contribution in [0.25, 0.3) is 0 Å². The van der Waals surface area contributed by atoms with Crippen LogP contribution in [0.1, 0.15) is 18.4 Å². The Morgan fingerprint density at radius 3 is 2.83 bits per heavy atom. The fourth-order valence-electron chi connectivity index (χ4n) is 2.62. The topological polar surface area (TPSA) is 38.5 Å². The Balaban J connectivity index is 1.73. The largest absolute Gasteiger partial charge is 0.497 e. The van der Waals surface area contributed by atoms with Gasteiger partial charge in [-0.3, -0.25) is 0 Å². The zero-order valence-electron chi connectivity index (χ0n) is 11.4. The van der Waals surface area contributed by atoms with Crippen LogP contribution in [-0.2, 0) is 6.42 Å². The molecule has 1 aromatic carbocycles. The van der Waals surface area contributed by atoms with Crippen molar-refractivity contribution in [2.75, 3.05) is 27.2 Å². The molecule has 0 atom stereocenters. The molecule has 0 radical (unpaired) electrons. The van der Waals surface area contributed by atoms with Crippen LogP contribution in [0.15, 0.2) is 24.3 Å². The third-order valence-corrected chi connectivity index (χ3v) is 3.76. The van der Waals surface area contributed by atoms with E-state index in [1.165, 1.54) is 24.9 Å². The second-order valence-corrected chi connectivity index (χ2v) is 5.46. The Kier molecular flexibility index (Phi) is 4.61. The summed E-state index contributed by atoms with van der Waals surface area (Å²) >= 11 is 0. The predicted molar refractivity (Wildman–Crippen MR) is 74.9 cm³/mol. The molecule has 0 saturated heterocycles. The van der Waals surface area contributed by atoms with Crippen molar-refractivity contribution in [1.29, 1.82) is 0 Å². The molecule has 2 rings (SSSR count). The average molecular weight is 248 g/mol. The van der Waals surface area contributed by atoms with Gasteiger partial charge in [-0.05, 0) is 49.9 Å². The number of nitrogens with two attached hydrogens (primary N) is 1. The number of hydrogen-bond acceptors (Lipinski definition) is 3. The normalized spacial score (nSPS) is 22.9. The van der Waals surface area contributed by atoms with Crippen LogP contribution < -0.4 is 10.5 Å². The van der Waals surface area contributed by atoms with Gasteiger partial charge < -0.3 is 15.4 Å². The second kappa shape index (κ2) is 6.21. The molecule has 100 valence electrons. The van der Waals surface area contributed by atoms with E-state index in [1.807, 2.05) is 6.07 Å². The quantitative estimate of drug-likeness (QED) is 0.835. The first-order valence-corrected chi connectivity index (χ1v) is 6.74. The van der Waals surface area contributed by atoms with Crippen molar-refractivity contribution in [3.8, 4) is 5.75 Å². The highest BCUT2D eigenvalue weighted by atomic mass is 16.5. The van der Waals surface area contributed by atoms with Crippen LogP contribution in [0, 0.1) is 5.92 Å². The van der Waals surface area contributed by atoms with E-state index in [1.54, 1.807) is 7.11 Å². The van der Waals surface area contributed by atoms with E-state index in [-0.39, 0.29) is 0 Å². The van der Waals surface area contributed by atoms with Gasteiger partial charge in [-0.15, -0.1) is 0 Å². The van der Waals surface area contributed by atoms with Crippen LogP contribution in [0.3, 0.4) is 0 Å². The zero-order valence-corrected chi connectivity index (χ0v) is 11.4. The number of nitrogens with zero attached hydrogens (tertiary/aromatic N) is 1. The number of likely N-dealkylation sites (N-methyl/N-ethyl adjacent to an activating group) is 1. The first kappa shape index (κ1) is 13.4. The molecule has 1 aliphatic carbocycles. The molecule has 3 heteroatoms. The minimum atomic E-state index is 0.460. The molecule has 3 nitrogen and oxygen atoms in total. The Labute approximate surface area is 110 Å². The monoisotopic (exact) mass is 248 g/mol. The highest BCUT2D eigenvalue weighted by molar-refractivity contribution is 5.28. The molecule has 0 bridgehead atoms. The smallest absolute Gasteiger partial charge is 0.119 e. The molecule has 1 aliphatic rings. The number of benzene rings is 1. The summed E-state index contributed by atoms with van der Waals surface area (Å²) in [5.41, 5.74) is 7.15. The number of hydrogen-bond donors (Lipinski definition) is 1. The predicted octanol–water partition coefficient (Wildman–Crippen LogP) is 1.91. The molecule has 18 heavy (non-hydrogen) atoms. The van der Waals surface area contributed by atoms with E-state index in [2.05, 4.69) is 30.1 Å². The fraction of sp³-hybridized carbons (Fsp3) is 0.600. The molecule has 1 saturated carbocycles. The lowest BCUT2D eigenvalue weighted by Gasteiger charge is -2.35.